The fourth-order valence-electron chi connectivity index (χ4n) is 6.05. The van der Waals surface area contributed by atoms with Crippen LogP contribution >= 0.6 is 0 Å². The van der Waals surface area contributed by atoms with Gasteiger partial charge in [0.1, 0.15) is 11.6 Å². The highest BCUT2D eigenvalue weighted by atomic mass is 16.1. The lowest BCUT2D eigenvalue weighted by molar-refractivity contribution is -0.321. The fourth-order valence-corrected chi connectivity index (χ4v) is 6.05. The van der Waals surface area contributed by atoms with E-state index in [2.05, 4.69) is 0 Å². The number of carbonyl (C=O) groups is 2. The first-order valence-electron chi connectivity index (χ1n) is 5.84. The summed E-state index contributed by atoms with van der Waals surface area (Å²) in [7, 11) is 0. The van der Waals surface area contributed by atoms with E-state index in [-0.39, 0.29) is 11.8 Å². The smallest absolute Gasteiger partial charge is 0.137 e. The summed E-state index contributed by atoms with van der Waals surface area (Å²) in [6.45, 7) is 0. The SMILES string of the molecule is O=C1C[C@@H]2[C@@H]3[C@H]4[C@H]5CC(=O)[C@@H]([C@H]1[C@H]53)[C@H]24. The summed E-state index contributed by atoms with van der Waals surface area (Å²) in [5.74, 6) is 5.67. The number of hydrogen-bond donors (Lipinski definition) is 0. The van der Waals surface area contributed by atoms with E-state index in [1.54, 1.807) is 0 Å². The molecule has 0 aliphatic heterocycles. The molecule has 72 valence electrons. The van der Waals surface area contributed by atoms with Gasteiger partial charge in [-0.3, -0.25) is 9.59 Å². The minimum absolute atomic E-state index is 0.200. The Morgan fingerprint density at radius 2 is 1.14 bits per heavy atom. The van der Waals surface area contributed by atoms with Crippen molar-refractivity contribution in [1.29, 1.82) is 0 Å². The Kier molecular flexibility index (Phi) is 0.780. The quantitative estimate of drug-likeness (QED) is 0.566. The van der Waals surface area contributed by atoms with Crippen LogP contribution in [0.15, 0.2) is 0 Å². The van der Waals surface area contributed by atoms with Crippen molar-refractivity contribution in [3.8, 4) is 0 Å². The first kappa shape index (κ1) is 6.76. The van der Waals surface area contributed by atoms with Crippen molar-refractivity contribution in [2.24, 2.45) is 47.3 Å². The van der Waals surface area contributed by atoms with Crippen LogP contribution in [0.5, 0.6) is 0 Å². The summed E-state index contributed by atoms with van der Waals surface area (Å²) in [5.41, 5.74) is 0. The third-order valence-corrected chi connectivity index (χ3v) is 6.14. The second-order valence-corrected chi connectivity index (χ2v) is 6.03. The average molecular weight is 188 g/mol. The maximum atomic E-state index is 11.8. The Morgan fingerprint density at radius 3 is 1.57 bits per heavy atom. The standard InChI is InChI=1S/C12H12O2/c13-5-1-3-7-8-4-2-6(14)12(9(3)8)11(5)10(4)7/h3-4,7-12H,1-2H2/t3-,4-,7-,8-,9-,10-,11-,12-/m1/s1. The molecule has 0 amide bonds. The predicted octanol–water partition coefficient (Wildman–Crippen LogP) is 0.902. The molecule has 0 heterocycles. The second kappa shape index (κ2) is 1.62. The minimum Gasteiger partial charge on any atom is -0.299 e. The van der Waals surface area contributed by atoms with Gasteiger partial charge in [-0.15, -0.1) is 0 Å². The van der Waals surface area contributed by atoms with Crippen LogP contribution in [0.25, 0.3) is 0 Å². The number of Topliss-reactive ketones (excluding diaryl/α,β-unsaturated/α-hetero) is 2. The summed E-state index contributed by atoms with van der Waals surface area (Å²) in [4.78, 5) is 23.7. The molecule has 9 aliphatic carbocycles. The fraction of sp³-hybridized carbons (Fsp3) is 0.833. The molecule has 2 nitrogen and oxygen atoms in total. The Morgan fingerprint density at radius 1 is 0.714 bits per heavy atom. The summed E-state index contributed by atoms with van der Waals surface area (Å²) >= 11 is 0. The molecular formula is C12H12O2. The number of ketones is 2. The predicted molar refractivity (Wildman–Crippen MR) is 47.2 cm³/mol. The Hall–Kier alpha value is -0.660. The molecule has 8 atom stereocenters. The molecule has 8 bridgehead atoms. The molecule has 0 aromatic carbocycles. The molecule has 2 heteroatoms. The van der Waals surface area contributed by atoms with Gasteiger partial charge in [0.05, 0.1) is 0 Å². The monoisotopic (exact) mass is 188 g/mol. The van der Waals surface area contributed by atoms with Gasteiger partial charge < -0.3 is 0 Å². The van der Waals surface area contributed by atoms with Gasteiger partial charge in [0.25, 0.3) is 0 Å². The van der Waals surface area contributed by atoms with Crippen LogP contribution in [0, 0.1) is 47.3 Å². The van der Waals surface area contributed by atoms with Gasteiger partial charge in [-0.2, -0.15) is 0 Å². The summed E-state index contributed by atoms with van der Waals surface area (Å²) in [6, 6.07) is 0. The molecule has 0 unspecified atom stereocenters. The van der Waals surface area contributed by atoms with Gasteiger partial charge in [0, 0.05) is 24.7 Å². The van der Waals surface area contributed by atoms with Crippen LogP contribution in [-0.4, -0.2) is 11.6 Å². The molecular weight excluding hydrogens is 176 g/mol. The van der Waals surface area contributed by atoms with E-state index >= 15 is 0 Å². The van der Waals surface area contributed by atoms with Crippen molar-refractivity contribution in [2.45, 2.75) is 12.8 Å². The first-order valence-corrected chi connectivity index (χ1v) is 5.84. The summed E-state index contributed by atoms with van der Waals surface area (Å²) in [5, 5.41) is 0. The molecule has 9 saturated carbocycles. The summed E-state index contributed by atoms with van der Waals surface area (Å²) in [6.07, 6.45) is 1.65. The van der Waals surface area contributed by atoms with Crippen molar-refractivity contribution in [3.63, 3.8) is 0 Å². The Balaban J connectivity index is 1.77. The zero-order valence-corrected chi connectivity index (χ0v) is 7.85. The topological polar surface area (TPSA) is 34.1 Å². The zero-order chi connectivity index (χ0) is 9.19. The molecule has 9 fully saturated rings. The van der Waals surface area contributed by atoms with Crippen LogP contribution in [0.2, 0.25) is 0 Å². The normalized spacial score (nSPS) is 70.6. The maximum absolute atomic E-state index is 11.8. The van der Waals surface area contributed by atoms with E-state index in [0.717, 1.165) is 24.7 Å². The van der Waals surface area contributed by atoms with Crippen LogP contribution in [0.3, 0.4) is 0 Å². The van der Waals surface area contributed by atoms with Crippen LogP contribution in [0.4, 0.5) is 0 Å². The molecule has 0 radical (unpaired) electrons. The van der Waals surface area contributed by atoms with Crippen molar-refractivity contribution in [1.82, 2.24) is 0 Å². The highest BCUT2D eigenvalue weighted by Crippen LogP contribution is 2.81. The largest absolute Gasteiger partial charge is 0.299 e. The minimum atomic E-state index is 0.200. The molecule has 14 heavy (non-hydrogen) atoms. The lowest BCUT2D eigenvalue weighted by Crippen LogP contribution is -2.82. The van der Waals surface area contributed by atoms with Crippen molar-refractivity contribution >= 4 is 11.6 Å². The van der Waals surface area contributed by atoms with Crippen molar-refractivity contribution in [2.75, 3.05) is 0 Å². The van der Waals surface area contributed by atoms with Gasteiger partial charge in [-0.25, -0.2) is 0 Å². The van der Waals surface area contributed by atoms with E-state index in [1.165, 1.54) is 0 Å². The summed E-state index contributed by atoms with van der Waals surface area (Å²) < 4.78 is 0. The molecule has 0 saturated heterocycles. The zero-order valence-electron chi connectivity index (χ0n) is 7.85. The molecule has 9 aliphatic rings. The lowest BCUT2D eigenvalue weighted by Gasteiger charge is -2.81. The van der Waals surface area contributed by atoms with Crippen LogP contribution in [0.1, 0.15) is 12.8 Å². The number of carbonyl (C=O) groups excluding carboxylic acids is 2. The van der Waals surface area contributed by atoms with Gasteiger partial charge in [0.2, 0.25) is 0 Å². The third kappa shape index (κ3) is 0.396. The lowest BCUT2D eigenvalue weighted by atomic mass is 9.21. The van der Waals surface area contributed by atoms with Gasteiger partial charge in [0.15, 0.2) is 0 Å². The van der Waals surface area contributed by atoms with E-state index in [1.807, 2.05) is 0 Å². The molecule has 9 rings (SSSR count). The number of fused-ring (bicyclic) bond motifs is 2. The van der Waals surface area contributed by atoms with E-state index in [4.69, 9.17) is 0 Å². The molecule has 0 aromatic rings. The molecule has 0 aromatic heterocycles. The van der Waals surface area contributed by atoms with Crippen LogP contribution in [-0.2, 0) is 9.59 Å². The molecule has 0 N–H and O–H groups in total. The molecule has 0 spiro atoms. The van der Waals surface area contributed by atoms with Gasteiger partial charge >= 0.3 is 0 Å². The van der Waals surface area contributed by atoms with Crippen molar-refractivity contribution < 1.29 is 9.59 Å². The maximum Gasteiger partial charge on any atom is 0.137 e. The van der Waals surface area contributed by atoms with Gasteiger partial charge in [-0.1, -0.05) is 0 Å². The first-order chi connectivity index (χ1) is 6.79. The number of hydrogen-bond acceptors (Lipinski definition) is 2. The Bertz CT molecular complexity index is 361. The van der Waals surface area contributed by atoms with E-state index in [0.29, 0.717) is 35.2 Å². The second-order valence-electron chi connectivity index (χ2n) is 6.03. The van der Waals surface area contributed by atoms with Crippen molar-refractivity contribution in [3.05, 3.63) is 0 Å². The highest BCUT2D eigenvalue weighted by molar-refractivity contribution is 5.96. The van der Waals surface area contributed by atoms with E-state index < -0.39 is 0 Å². The average Bonchev–Trinajstić information content (AvgIpc) is 2.16. The number of rotatable bonds is 0. The van der Waals surface area contributed by atoms with E-state index in [9.17, 15) is 9.59 Å². The third-order valence-electron chi connectivity index (χ3n) is 6.14. The van der Waals surface area contributed by atoms with Gasteiger partial charge in [-0.05, 0) is 35.5 Å². The Labute approximate surface area is 82.0 Å². The highest BCUT2D eigenvalue weighted by Gasteiger charge is 2.81. The van der Waals surface area contributed by atoms with Crippen LogP contribution < -0.4 is 0 Å².